The summed E-state index contributed by atoms with van der Waals surface area (Å²) in [6.07, 6.45) is -0.275. The molecule has 1 saturated carbocycles. The Kier molecular flexibility index (Phi) is 7.55. The van der Waals surface area contributed by atoms with Gasteiger partial charge in [-0.3, -0.25) is 9.36 Å². The number of fused-ring (bicyclic) bond motifs is 1. The highest BCUT2D eigenvalue weighted by Crippen LogP contribution is 2.33. The summed E-state index contributed by atoms with van der Waals surface area (Å²) in [6, 6.07) is 6.76. The average molecular weight is 577 g/mol. The van der Waals surface area contributed by atoms with E-state index >= 15 is 0 Å². The number of nitrogens with zero attached hydrogens (tertiary/aromatic N) is 5. The quantitative estimate of drug-likeness (QED) is 0.209. The Balaban J connectivity index is 1.08. The molecule has 0 bridgehead atoms. The molecule has 4 atom stereocenters. The van der Waals surface area contributed by atoms with Crippen molar-refractivity contribution in [3.8, 4) is 17.6 Å². The number of aliphatic hydroxyl groups excluding tert-OH is 2. The van der Waals surface area contributed by atoms with Crippen LogP contribution in [-0.4, -0.2) is 84.1 Å². The van der Waals surface area contributed by atoms with Crippen LogP contribution in [0.15, 0.2) is 30.6 Å². The second kappa shape index (κ2) is 11.4. The van der Waals surface area contributed by atoms with Crippen molar-refractivity contribution in [2.45, 2.75) is 62.7 Å². The molecule has 1 aromatic carbocycles. The first-order valence-corrected chi connectivity index (χ1v) is 13.9. The van der Waals surface area contributed by atoms with Gasteiger partial charge in [0.25, 0.3) is 5.91 Å². The number of aromatic nitrogens is 4. The lowest BCUT2D eigenvalue weighted by Gasteiger charge is -2.30. The highest BCUT2D eigenvalue weighted by Gasteiger charge is 2.48. The summed E-state index contributed by atoms with van der Waals surface area (Å²) in [6.45, 7) is 1.12. The lowest BCUT2D eigenvalue weighted by atomic mass is 9.94. The van der Waals surface area contributed by atoms with Gasteiger partial charge in [0.15, 0.2) is 23.8 Å². The van der Waals surface area contributed by atoms with Crippen molar-refractivity contribution < 1.29 is 29.3 Å². The van der Waals surface area contributed by atoms with Crippen LogP contribution in [0.5, 0.6) is 5.75 Å². The third-order valence-electron chi connectivity index (χ3n) is 7.69. The average Bonchev–Trinajstić information content (AvgIpc) is 3.61. The van der Waals surface area contributed by atoms with Gasteiger partial charge in [-0.15, -0.1) is 0 Å². The van der Waals surface area contributed by atoms with Crippen LogP contribution in [0.3, 0.4) is 0 Å². The number of hydrogen-bond donors (Lipinski definition) is 5. The fourth-order valence-corrected chi connectivity index (χ4v) is 5.09. The minimum Gasteiger partial charge on any atom is -0.410 e. The number of aliphatic hydroxyl groups is 2. The number of amides is 2. The van der Waals surface area contributed by atoms with Crippen LogP contribution < -0.4 is 21.5 Å². The number of likely N-dealkylation sites (tertiary alicyclic amines) is 1. The van der Waals surface area contributed by atoms with Gasteiger partial charge < -0.3 is 41.4 Å². The number of benzene rings is 1. The van der Waals surface area contributed by atoms with Crippen molar-refractivity contribution in [2.75, 3.05) is 24.6 Å². The number of anilines is 2. The summed E-state index contributed by atoms with van der Waals surface area (Å²) in [4.78, 5) is 39.6. The van der Waals surface area contributed by atoms with Crippen LogP contribution >= 0.6 is 0 Å². The minimum absolute atomic E-state index is 0.0802. The molecule has 3 aromatic rings. The van der Waals surface area contributed by atoms with Crippen molar-refractivity contribution in [1.82, 2.24) is 29.7 Å². The maximum absolute atomic E-state index is 12.5. The molecule has 2 aromatic heterocycles. The topological polar surface area (TPSA) is 204 Å². The Bertz CT molecular complexity index is 1540. The van der Waals surface area contributed by atoms with E-state index in [9.17, 15) is 19.8 Å². The number of imidazole rings is 1. The number of rotatable bonds is 5. The molecular formula is C28H32N8O6. The van der Waals surface area contributed by atoms with E-state index in [1.165, 1.54) is 10.9 Å². The molecule has 0 unspecified atom stereocenters. The van der Waals surface area contributed by atoms with E-state index in [1.807, 2.05) is 0 Å². The van der Waals surface area contributed by atoms with E-state index in [-0.39, 0.29) is 34.8 Å². The molecule has 0 spiro atoms. The maximum Gasteiger partial charge on any atom is 0.415 e. The molecule has 7 N–H and O–H groups in total. The van der Waals surface area contributed by atoms with E-state index in [0.29, 0.717) is 30.9 Å². The van der Waals surface area contributed by atoms with Gasteiger partial charge in [0.2, 0.25) is 5.82 Å². The van der Waals surface area contributed by atoms with Crippen LogP contribution in [0.1, 0.15) is 44.2 Å². The molecule has 0 radical (unpaired) electrons. The van der Waals surface area contributed by atoms with Gasteiger partial charge in [-0.1, -0.05) is 5.92 Å². The van der Waals surface area contributed by atoms with E-state index in [2.05, 4.69) is 32.1 Å². The first-order chi connectivity index (χ1) is 20.3. The molecule has 42 heavy (non-hydrogen) atoms. The maximum atomic E-state index is 12.5. The number of nitrogens with two attached hydrogens (primary N) is 2. The molecule has 220 valence electrons. The lowest BCUT2D eigenvalue weighted by molar-refractivity contribution is -0.137. The third kappa shape index (κ3) is 5.80. The predicted molar refractivity (Wildman–Crippen MR) is 149 cm³/mol. The number of nitrogen functional groups attached to an aromatic ring is 2. The summed E-state index contributed by atoms with van der Waals surface area (Å²) < 4.78 is 12.6. The second-order valence-corrected chi connectivity index (χ2v) is 10.8. The highest BCUT2D eigenvalue weighted by atomic mass is 16.6. The molecule has 14 heteroatoms. The molecule has 14 nitrogen and oxygen atoms in total. The van der Waals surface area contributed by atoms with E-state index in [4.69, 9.17) is 20.9 Å². The molecule has 1 aliphatic carbocycles. The summed E-state index contributed by atoms with van der Waals surface area (Å²) in [5, 5.41) is 24.0. The summed E-state index contributed by atoms with van der Waals surface area (Å²) in [5.74, 6) is 6.60. The highest BCUT2D eigenvalue weighted by molar-refractivity contribution is 5.83. The number of nitrogens with one attached hydrogen (secondary N) is 1. The third-order valence-corrected chi connectivity index (χ3v) is 7.69. The molecule has 3 aliphatic rings. The van der Waals surface area contributed by atoms with Crippen LogP contribution in [0.2, 0.25) is 0 Å². The molecule has 2 saturated heterocycles. The van der Waals surface area contributed by atoms with Crippen LogP contribution in [-0.2, 0) is 9.53 Å². The summed E-state index contributed by atoms with van der Waals surface area (Å²) in [7, 11) is 0. The van der Waals surface area contributed by atoms with Crippen molar-refractivity contribution in [3.05, 3.63) is 36.4 Å². The Labute approximate surface area is 241 Å². The van der Waals surface area contributed by atoms with Gasteiger partial charge in [0, 0.05) is 31.2 Å². The van der Waals surface area contributed by atoms with Gasteiger partial charge in [-0.2, -0.15) is 0 Å². The fourth-order valence-electron chi connectivity index (χ4n) is 5.09. The summed E-state index contributed by atoms with van der Waals surface area (Å²) in [5.41, 5.74) is 12.9. The van der Waals surface area contributed by atoms with Crippen LogP contribution in [0.25, 0.3) is 11.2 Å². The molecule has 6 rings (SSSR count). The number of piperidine rings is 1. The van der Waals surface area contributed by atoms with Gasteiger partial charge in [-0.25, -0.2) is 19.7 Å². The lowest BCUT2D eigenvalue weighted by Crippen LogP contribution is -2.43. The first-order valence-electron chi connectivity index (χ1n) is 13.9. The number of ether oxygens (including phenoxy) is 2. The standard InChI is InChI=1S/C28H32N8O6/c29-16-4-8-18(9-5-16)41-28(40)35-12-10-15(11-13-35)2-1-3-19-33-24(30)20-25(34-19)36(14-31-20)27-22(38)21(37)23(42-27)26(39)32-17-6-7-17/h4-5,8-9,14-15,17,21-23,27,37-38H,2,6-7,10-13,29H2,(H,32,39)(H2,30,33,34)/t21-,22+,23-,27+/m0/s1. The largest absolute Gasteiger partial charge is 0.415 e. The second-order valence-electron chi connectivity index (χ2n) is 10.8. The van der Waals surface area contributed by atoms with Crippen LogP contribution in [0, 0.1) is 17.8 Å². The van der Waals surface area contributed by atoms with Crippen LogP contribution in [0.4, 0.5) is 16.3 Å². The molecule has 2 aliphatic heterocycles. The summed E-state index contributed by atoms with van der Waals surface area (Å²) >= 11 is 0. The van der Waals surface area contributed by atoms with E-state index in [0.717, 1.165) is 25.7 Å². The van der Waals surface area contributed by atoms with E-state index < -0.39 is 36.5 Å². The first kappa shape index (κ1) is 27.7. The molecular weight excluding hydrogens is 544 g/mol. The molecule has 4 heterocycles. The van der Waals surface area contributed by atoms with Crippen molar-refractivity contribution >= 4 is 34.7 Å². The molecule has 2 amide bonds. The zero-order valence-electron chi connectivity index (χ0n) is 22.7. The van der Waals surface area contributed by atoms with Crippen molar-refractivity contribution in [2.24, 2.45) is 5.92 Å². The van der Waals surface area contributed by atoms with Crippen molar-refractivity contribution in [3.63, 3.8) is 0 Å². The van der Waals surface area contributed by atoms with Crippen molar-refractivity contribution in [1.29, 1.82) is 0 Å². The Morgan fingerprint density at radius 3 is 2.52 bits per heavy atom. The smallest absolute Gasteiger partial charge is 0.410 e. The van der Waals surface area contributed by atoms with Gasteiger partial charge >= 0.3 is 6.09 Å². The Hall–Kier alpha value is -4.45. The zero-order valence-corrected chi connectivity index (χ0v) is 22.7. The van der Waals surface area contributed by atoms with Gasteiger partial charge in [-0.05, 0) is 61.8 Å². The molecule has 3 fully saturated rings. The minimum atomic E-state index is -1.42. The predicted octanol–water partition coefficient (Wildman–Crippen LogP) is 0.541. The van der Waals surface area contributed by atoms with Gasteiger partial charge in [0.1, 0.15) is 23.5 Å². The number of carbonyl (C=O) groups is 2. The fraction of sp³-hybridized carbons (Fsp3) is 0.464. The normalized spacial score (nSPS) is 24.3. The number of hydrogen-bond acceptors (Lipinski definition) is 11. The SMILES string of the molecule is Nc1ccc(OC(=O)N2CCC(CC#Cc3nc(N)c4ncn([C@@H]5O[C@H](C(=O)NC6CC6)[C@@H](O)[C@H]5O)c4n3)CC2)cc1. The van der Waals surface area contributed by atoms with E-state index in [1.54, 1.807) is 29.2 Å². The Morgan fingerprint density at radius 1 is 1.07 bits per heavy atom. The monoisotopic (exact) mass is 576 g/mol. The Morgan fingerprint density at radius 2 is 1.81 bits per heavy atom. The van der Waals surface area contributed by atoms with Gasteiger partial charge in [0.05, 0.1) is 6.33 Å². The number of carbonyl (C=O) groups excluding carboxylic acids is 2. The zero-order chi connectivity index (χ0) is 29.4.